The van der Waals surface area contributed by atoms with Gasteiger partial charge in [-0.25, -0.2) is 0 Å². The van der Waals surface area contributed by atoms with E-state index in [9.17, 15) is 5.11 Å². The molecule has 82 valence electrons. The van der Waals surface area contributed by atoms with Crippen LogP contribution in [0.4, 0.5) is 0 Å². The van der Waals surface area contributed by atoms with E-state index < -0.39 is 0 Å². The topological polar surface area (TPSA) is 32.7 Å². The highest BCUT2D eigenvalue weighted by molar-refractivity contribution is 4.87. The fourth-order valence-electron chi connectivity index (χ4n) is 2.65. The van der Waals surface area contributed by atoms with Crippen LogP contribution in [0.2, 0.25) is 0 Å². The highest BCUT2D eigenvalue weighted by atomic mass is 16.5. The van der Waals surface area contributed by atoms with E-state index >= 15 is 0 Å². The molecule has 3 nitrogen and oxygen atoms in total. The summed E-state index contributed by atoms with van der Waals surface area (Å²) in [5, 5.41) is 9.34. The molecule has 0 saturated carbocycles. The lowest BCUT2D eigenvalue weighted by Crippen LogP contribution is -2.47. The first kappa shape index (κ1) is 10.4. The van der Waals surface area contributed by atoms with E-state index in [1.54, 1.807) is 0 Å². The third-order valence-electron chi connectivity index (χ3n) is 3.38. The van der Waals surface area contributed by atoms with E-state index in [4.69, 9.17) is 4.74 Å². The predicted molar refractivity (Wildman–Crippen MR) is 55.2 cm³/mol. The van der Waals surface area contributed by atoms with Crippen molar-refractivity contribution in [1.82, 2.24) is 4.90 Å². The molecule has 3 heteroatoms. The van der Waals surface area contributed by atoms with Crippen molar-refractivity contribution in [2.24, 2.45) is 0 Å². The fraction of sp³-hybridized carbons (Fsp3) is 1.00. The fourth-order valence-corrected chi connectivity index (χ4v) is 2.65. The van der Waals surface area contributed by atoms with Crippen LogP contribution in [0.15, 0.2) is 0 Å². The molecule has 14 heavy (non-hydrogen) atoms. The van der Waals surface area contributed by atoms with E-state index in [1.165, 1.54) is 12.8 Å². The van der Waals surface area contributed by atoms with Gasteiger partial charge in [0.25, 0.3) is 0 Å². The SMILES string of the molecule is CC(O)CC(C)N1CC2CCC(C1)O2. The van der Waals surface area contributed by atoms with E-state index in [2.05, 4.69) is 11.8 Å². The Balaban J connectivity index is 1.86. The summed E-state index contributed by atoms with van der Waals surface area (Å²) in [5.41, 5.74) is 0. The number of aliphatic hydroxyl groups is 1. The standard InChI is InChI=1S/C11H21NO2/c1-8(5-9(2)13)12-6-10-3-4-11(7-12)14-10/h8-11,13H,3-7H2,1-2H3. The van der Waals surface area contributed by atoms with Crippen LogP contribution < -0.4 is 0 Å². The first-order valence-corrected chi connectivity index (χ1v) is 5.72. The van der Waals surface area contributed by atoms with Crippen molar-refractivity contribution in [3.63, 3.8) is 0 Å². The van der Waals surface area contributed by atoms with Gasteiger partial charge < -0.3 is 9.84 Å². The summed E-state index contributed by atoms with van der Waals surface area (Å²) >= 11 is 0. The third-order valence-corrected chi connectivity index (χ3v) is 3.38. The van der Waals surface area contributed by atoms with Gasteiger partial charge in [-0.05, 0) is 33.1 Å². The largest absolute Gasteiger partial charge is 0.393 e. The number of morpholine rings is 1. The molecular weight excluding hydrogens is 178 g/mol. The first-order chi connectivity index (χ1) is 6.65. The van der Waals surface area contributed by atoms with Crippen molar-refractivity contribution >= 4 is 0 Å². The van der Waals surface area contributed by atoms with Crippen LogP contribution in [0.3, 0.4) is 0 Å². The van der Waals surface area contributed by atoms with Crippen LogP contribution in [0.1, 0.15) is 33.1 Å². The lowest BCUT2D eigenvalue weighted by molar-refractivity contribution is -0.0552. The average molecular weight is 199 g/mol. The molecule has 2 fully saturated rings. The van der Waals surface area contributed by atoms with Gasteiger partial charge in [0.15, 0.2) is 0 Å². The molecule has 1 N–H and O–H groups in total. The van der Waals surface area contributed by atoms with Crippen LogP contribution in [0.5, 0.6) is 0 Å². The van der Waals surface area contributed by atoms with Crippen LogP contribution in [-0.2, 0) is 4.74 Å². The lowest BCUT2D eigenvalue weighted by Gasteiger charge is -2.36. The summed E-state index contributed by atoms with van der Waals surface area (Å²) in [6, 6.07) is 0.488. The molecule has 0 spiro atoms. The summed E-state index contributed by atoms with van der Waals surface area (Å²) in [4.78, 5) is 2.47. The second kappa shape index (κ2) is 4.17. The number of likely N-dealkylation sites (tertiary alicyclic amines) is 1. The quantitative estimate of drug-likeness (QED) is 0.736. The van der Waals surface area contributed by atoms with Crippen molar-refractivity contribution in [2.75, 3.05) is 13.1 Å². The van der Waals surface area contributed by atoms with Gasteiger partial charge in [-0.15, -0.1) is 0 Å². The van der Waals surface area contributed by atoms with Crippen LogP contribution in [0, 0.1) is 0 Å². The van der Waals surface area contributed by atoms with E-state index in [0.29, 0.717) is 18.2 Å². The van der Waals surface area contributed by atoms with Crippen molar-refractivity contribution in [3.8, 4) is 0 Å². The Morgan fingerprint density at radius 2 is 1.86 bits per heavy atom. The van der Waals surface area contributed by atoms with Crippen molar-refractivity contribution in [3.05, 3.63) is 0 Å². The third kappa shape index (κ3) is 2.27. The summed E-state index contributed by atoms with van der Waals surface area (Å²) in [5.74, 6) is 0. The molecule has 4 atom stereocenters. The summed E-state index contributed by atoms with van der Waals surface area (Å²) < 4.78 is 5.78. The Morgan fingerprint density at radius 3 is 2.36 bits per heavy atom. The monoisotopic (exact) mass is 199 g/mol. The Bertz CT molecular complexity index is 184. The Kier molecular flexibility index (Phi) is 3.10. The van der Waals surface area contributed by atoms with Gasteiger partial charge in [0.05, 0.1) is 18.3 Å². The molecule has 2 rings (SSSR count). The van der Waals surface area contributed by atoms with E-state index in [-0.39, 0.29) is 6.10 Å². The smallest absolute Gasteiger partial charge is 0.0707 e. The summed E-state index contributed by atoms with van der Waals surface area (Å²) in [6.07, 6.45) is 4.06. The molecular formula is C11H21NO2. The zero-order valence-corrected chi connectivity index (χ0v) is 9.15. The molecule has 0 aromatic heterocycles. The number of fused-ring (bicyclic) bond motifs is 2. The van der Waals surface area contributed by atoms with Gasteiger partial charge in [0.2, 0.25) is 0 Å². The molecule has 0 aliphatic carbocycles. The molecule has 4 unspecified atom stereocenters. The highest BCUT2D eigenvalue weighted by Gasteiger charge is 2.35. The minimum Gasteiger partial charge on any atom is -0.393 e. The number of hydrogen-bond donors (Lipinski definition) is 1. The molecule has 2 heterocycles. The molecule has 2 aliphatic rings. The molecule has 0 radical (unpaired) electrons. The van der Waals surface area contributed by atoms with Gasteiger partial charge in [-0.2, -0.15) is 0 Å². The molecule has 0 amide bonds. The van der Waals surface area contributed by atoms with Crippen LogP contribution in [0.25, 0.3) is 0 Å². The Labute approximate surface area is 86.0 Å². The van der Waals surface area contributed by atoms with E-state index in [1.807, 2.05) is 6.92 Å². The Hall–Kier alpha value is -0.120. The maximum absolute atomic E-state index is 9.34. The predicted octanol–water partition coefficient (Wildman–Crippen LogP) is 1.01. The Morgan fingerprint density at radius 1 is 1.29 bits per heavy atom. The maximum Gasteiger partial charge on any atom is 0.0707 e. The second-order valence-corrected chi connectivity index (χ2v) is 4.85. The maximum atomic E-state index is 9.34. The summed E-state index contributed by atoms with van der Waals surface area (Å²) in [6.45, 7) is 6.19. The van der Waals surface area contributed by atoms with Crippen LogP contribution in [-0.4, -0.2) is 47.4 Å². The van der Waals surface area contributed by atoms with Gasteiger partial charge in [-0.1, -0.05) is 0 Å². The van der Waals surface area contributed by atoms with Crippen molar-refractivity contribution in [1.29, 1.82) is 0 Å². The van der Waals surface area contributed by atoms with Gasteiger partial charge >= 0.3 is 0 Å². The van der Waals surface area contributed by atoms with Gasteiger partial charge in [-0.3, -0.25) is 4.90 Å². The number of rotatable bonds is 3. The average Bonchev–Trinajstić information content (AvgIpc) is 2.44. The zero-order chi connectivity index (χ0) is 10.1. The number of ether oxygens (including phenoxy) is 1. The van der Waals surface area contributed by atoms with E-state index in [0.717, 1.165) is 19.5 Å². The second-order valence-electron chi connectivity index (χ2n) is 4.85. The highest BCUT2D eigenvalue weighted by Crippen LogP contribution is 2.27. The molecule has 0 aromatic rings. The number of hydrogen-bond acceptors (Lipinski definition) is 3. The number of aliphatic hydroxyl groups excluding tert-OH is 1. The van der Waals surface area contributed by atoms with Gasteiger partial charge in [0, 0.05) is 19.1 Å². The summed E-state index contributed by atoms with van der Waals surface area (Å²) in [7, 11) is 0. The molecule has 0 aromatic carbocycles. The zero-order valence-electron chi connectivity index (χ0n) is 9.15. The molecule has 2 bridgehead atoms. The van der Waals surface area contributed by atoms with Crippen molar-refractivity contribution < 1.29 is 9.84 Å². The lowest BCUT2D eigenvalue weighted by atomic mass is 10.1. The number of nitrogens with zero attached hydrogens (tertiary/aromatic N) is 1. The minimum absolute atomic E-state index is 0.189. The molecule has 2 saturated heterocycles. The normalized spacial score (nSPS) is 37.1. The van der Waals surface area contributed by atoms with Crippen molar-refractivity contribution in [2.45, 2.75) is 57.5 Å². The van der Waals surface area contributed by atoms with Crippen LogP contribution >= 0.6 is 0 Å². The minimum atomic E-state index is -0.189. The first-order valence-electron chi connectivity index (χ1n) is 5.72. The molecule has 2 aliphatic heterocycles. The van der Waals surface area contributed by atoms with Gasteiger partial charge in [0.1, 0.15) is 0 Å².